The molecule has 0 unspecified atom stereocenters. The Bertz CT molecular complexity index is 608. The lowest BCUT2D eigenvalue weighted by Gasteiger charge is -2.06. The minimum Gasteiger partial charge on any atom is -0.330 e. The molecule has 96 valence electrons. The topological polar surface area (TPSA) is 101 Å². The van der Waals surface area contributed by atoms with E-state index in [-0.39, 0.29) is 11.7 Å². The Morgan fingerprint density at radius 1 is 1.33 bits per heavy atom. The number of H-pyrrole nitrogens is 1. The monoisotopic (exact) mass is 266 g/mol. The van der Waals surface area contributed by atoms with Gasteiger partial charge in [0.25, 0.3) is 0 Å². The van der Waals surface area contributed by atoms with Gasteiger partial charge in [-0.3, -0.25) is 4.72 Å². The Morgan fingerprint density at radius 3 is 2.78 bits per heavy atom. The van der Waals surface area contributed by atoms with E-state index in [9.17, 15) is 8.42 Å². The van der Waals surface area contributed by atoms with Gasteiger partial charge in [0, 0.05) is 18.9 Å². The van der Waals surface area contributed by atoms with E-state index in [4.69, 9.17) is 5.73 Å². The van der Waals surface area contributed by atoms with Gasteiger partial charge >= 0.3 is 0 Å². The number of aromatic nitrogens is 2. The van der Waals surface area contributed by atoms with Gasteiger partial charge in [0.1, 0.15) is 0 Å². The Labute approximate surface area is 105 Å². The van der Waals surface area contributed by atoms with E-state index in [2.05, 4.69) is 14.7 Å². The van der Waals surface area contributed by atoms with Crippen molar-refractivity contribution < 1.29 is 8.42 Å². The Hall–Kier alpha value is -1.86. The molecule has 0 amide bonds. The summed E-state index contributed by atoms with van der Waals surface area (Å²) in [5, 5.41) is 0. The van der Waals surface area contributed by atoms with Gasteiger partial charge in [-0.2, -0.15) is 0 Å². The summed E-state index contributed by atoms with van der Waals surface area (Å²) in [6.07, 6.45) is 3.03. The molecule has 0 radical (unpaired) electrons. The number of nitrogens with one attached hydrogen (secondary N) is 2. The van der Waals surface area contributed by atoms with Crippen LogP contribution >= 0.6 is 0 Å². The second-order valence-electron chi connectivity index (χ2n) is 3.82. The van der Waals surface area contributed by atoms with E-state index >= 15 is 0 Å². The number of hydrogen-bond acceptors (Lipinski definition) is 4. The maximum atomic E-state index is 11.9. The number of hydrogen-bond donors (Lipinski definition) is 3. The molecule has 0 aliphatic heterocycles. The summed E-state index contributed by atoms with van der Waals surface area (Å²) in [6, 6.07) is 7.18. The largest absolute Gasteiger partial charge is 0.330 e. The molecule has 1 aromatic heterocycles. The molecule has 0 fully saturated rings. The molecule has 0 aliphatic rings. The molecule has 1 aromatic carbocycles. The summed E-state index contributed by atoms with van der Waals surface area (Å²) < 4.78 is 26.1. The number of nitrogens with two attached hydrogens (primary N) is 1. The highest BCUT2D eigenvalue weighted by atomic mass is 32.2. The normalized spacial score (nSPS) is 11.4. The van der Waals surface area contributed by atoms with Crippen LogP contribution in [0.3, 0.4) is 0 Å². The van der Waals surface area contributed by atoms with Crippen LogP contribution in [0.4, 0.5) is 5.95 Å². The third kappa shape index (κ3) is 3.31. The first-order chi connectivity index (χ1) is 8.59. The van der Waals surface area contributed by atoms with E-state index in [1.165, 1.54) is 6.20 Å². The zero-order valence-electron chi connectivity index (χ0n) is 9.63. The number of benzene rings is 1. The van der Waals surface area contributed by atoms with Gasteiger partial charge in [-0.05, 0) is 11.1 Å². The van der Waals surface area contributed by atoms with Gasteiger partial charge in [-0.15, -0.1) is 0 Å². The van der Waals surface area contributed by atoms with Crippen molar-refractivity contribution in [3.63, 3.8) is 0 Å². The van der Waals surface area contributed by atoms with Crippen molar-refractivity contribution in [1.29, 1.82) is 0 Å². The predicted octanol–water partition coefficient (Wildman–Crippen LogP) is 0.810. The summed E-state index contributed by atoms with van der Waals surface area (Å²) in [5.74, 6) is 0.103. The first kappa shape index (κ1) is 12.6. The van der Waals surface area contributed by atoms with Crippen molar-refractivity contribution in [1.82, 2.24) is 9.97 Å². The van der Waals surface area contributed by atoms with Crippen molar-refractivity contribution >= 4 is 16.0 Å². The molecule has 7 heteroatoms. The third-order valence-corrected chi connectivity index (χ3v) is 3.55. The number of aromatic amines is 1. The number of rotatable bonds is 5. The number of anilines is 1. The Kier molecular flexibility index (Phi) is 3.63. The van der Waals surface area contributed by atoms with Crippen molar-refractivity contribution in [3.05, 3.63) is 47.8 Å². The molecule has 2 aromatic rings. The molecule has 4 N–H and O–H groups in total. The molecule has 2 rings (SSSR count). The smallest absolute Gasteiger partial charge is 0.239 e. The van der Waals surface area contributed by atoms with Crippen LogP contribution in [0.1, 0.15) is 11.1 Å². The van der Waals surface area contributed by atoms with E-state index in [1.54, 1.807) is 24.4 Å². The van der Waals surface area contributed by atoms with Gasteiger partial charge < -0.3 is 10.7 Å². The maximum absolute atomic E-state index is 11.9. The number of sulfonamides is 1. The van der Waals surface area contributed by atoms with Crippen LogP contribution in [0.5, 0.6) is 0 Å². The predicted molar refractivity (Wildman–Crippen MR) is 69.2 cm³/mol. The lowest BCUT2D eigenvalue weighted by molar-refractivity contribution is 0.600. The molecule has 0 aliphatic carbocycles. The van der Waals surface area contributed by atoms with Crippen LogP contribution in [0.25, 0.3) is 0 Å². The molecule has 1 heterocycles. The van der Waals surface area contributed by atoms with E-state index < -0.39 is 10.0 Å². The summed E-state index contributed by atoms with van der Waals surface area (Å²) in [6.45, 7) is 0.388. The fraction of sp³-hybridized carbons (Fsp3) is 0.182. The van der Waals surface area contributed by atoms with Crippen molar-refractivity contribution in [2.24, 2.45) is 5.73 Å². The molecule has 0 saturated carbocycles. The first-order valence-electron chi connectivity index (χ1n) is 5.37. The quantitative estimate of drug-likeness (QED) is 0.745. The minimum absolute atomic E-state index is 0.110. The molecular weight excluding hydrogens is 252 g/mol. The van der Waals surface area contributed by atoms with Gasteiger partial charge in [0.2, 0.25) is 16.0 Å². The second kappa shape index (κ2) is 5.19. The van der Waals surface area contributed by atoms with Crippen molar-refractivity contribution in [2.45, 2.75) is 12.3 Å². The zero-order valence-corrected chi connectivity index (χ0v) is 10.4. The second-order valence-corrected chi connectivity index (χ2v) is 5.55. The summed E-state index contributed by atoms with van der Waals surface area (Å²) >= 11 is 0. The summed E-state index contributed by atoms with van der Waals surface area (Å²) in [7, 11) is -3.47. The lowest BCUT2D eigenvalue weighted by atomic mass is 10.1. The molecule has 0 atom stereocenters. The molecule has 6 nitrogen and oxygen atoms in total. The molecule has 18 heavy (non-hydrogen) atoms. The van der Waals surface area contributed by atoms with E-state index in [1.807, 2.05) is 6.07 Å². The summed E-state index contributed by atoms with van der Waals surface area (Å²) in [5.41, 5.74) is 7.11. The average Bonchev–Trinajstić information content (AvgIpc) is 2.80. The fourth-order valence-corrected chi connectivity index (χ4v) is 2.67. The van der Waals surface area contributed by atoms with Crippen LogP contribution in [0, 0.1) is 0 Å². The third-order valence-electron chi connectivity index (χ3n) is 2.33. The Balaban J connectivity index is 2.12. The molecule has 0 bridgehead atoms. The zero-order chi connectivity index (χ0) is 13.0. The van der Waals surface area contributed by atoms with E-state index in [0.717, 1.165) is 5.56 Å². The average molecular weight is 266 g/mol. The number of nitrogens with zero attached hydrogens (tertiary/aromatic N) is 1. The van der Waals surface area contributed by atoms with Gasteiger partial charge in [-0.1, -0.05) is 24.3 Å². The highest BCUT2D eigenvalue weighted by molar-refractivity contribution is 7.91. The standard InChI is InChI=1S/C11H14N4O2S/c12-7-9-2-1-3-10(6-9)8-18(16,17)15-11-13-4-5-14-11/h1-6H,7-8,12H2,(H2,13,14,15). The van der Waals surface area contributed by atoms with Crippen molar-refractivity contribution in [3.8, 4) is 0 Å². The van der Waals surface area contributed by atoms with Crippen LogP contribution in [-0.4, -0.2) is 18.4 Å². The summed E-state index contributed by atoms with van der Waals surface area (Å²) in [4.78, 5) is 6.49. The highest BCUT2D eigenvalue weighted by Crippen LogP contribution is 2.10. The lowest BCUT2D eigenvalue weighted by Crippen LogP contribution is -2.16. The molecule has 0 saturated heterocycles. The molecule has 0 spiro atoms. The minimum atomic E-state index is -3.47. The SMILES string of the molecule is NCc1cccc(CS(=O)(=O)Nc2ncc[nH]2)c1. The van der Waals surface area contributed by atoms with Crippen LogP contribution < -0.4 is 10.5 Å². The molecular formula is C11H14N4O2S. The van der Waals surface area contributed by atoms with Crippen LogP contribution in [-0.2, 0) is 22.3 Å². The first-order valence-corrected chi connectivity index (χ1v) is 7.02. The van der Waals surface area contributed by atoms with Gasteiger partial charge in [0.05, 0.1) is 5.75 Å². The fourth-order valence-electron chi connectivity index (χ4n) is 1.57. The van der Waals surface area contributed by atoms with E-state index in [0.29, 0.717) is 12.1 Å². The maximum Gasteiger partial charge on any atom is 0.239 e. The Morgan fingerprint density at radius 2 is 2.11 bits per heavy atom. The highest BCUT2D eigenvalue weighted by Gasteiger charge is 2.12. The van der Waals surface area contributed by atoms with Gasteiger partial charge in [0.15, 0.2) is 0 Å². The van der Waals surface area contributed by atoms with Crippen molar-refractivity contribution in [2.75, 3.05) is 4.72 Å². The van der Waals surface area contributed by atoms with Gasteiger partial charge in [-0.25, -0.2) is 13.4 Å². The van der Waals surface area contributed by atoms with Crippen LogP contribution in [0.2, 0.25) is 0 Å². The number of imidazole rings is 1. The van der Waals surface area contributed by atoms with Crippen LogP contribution in [0.15, 0.2) is 36.7 Å².